The second-order valence-corrected chi connectivity index (χ2v) is 4.17. The summed E-state index contributed by atoms with van der Waals surface area (Å²) in [6, 6.07) is 8.95. The number of hydrogen-bond donors (Lipinski definition) is 2. The number of phenols is 2. The Kier molecular flexibility index (Phi) is 3.31. The van der Waals surface area contributed by atoms with E-state index >= 15 is 0 Å². The average Bonchev–Trinajstić information content (AvgIpc) is 2.27. The fraction of sp³-hybridized carbons (Fsp3) is 0. The molecular weight excluding hydrogens is 263 g/mol. The fourth-order valence-corrected chi connectivity index (χ4v) is 1.70. The summed E-state index contributed by atoms with van der Waals surface area (Å²) in [6.07, 6.45) is 0. The molecule has 5 heteroatoms. The number of phenolic OH excluding ortho intramolecular Hbond substituents is 2. The summed E-state index contributed by atoms with van der Waals surface area (Å²) in [6.45, 7) is 0. The predicted molar refractivity (Wildman–Crippen MR) is 66.3 cm³/mol. The molecule has 17 heavy (non-hydrogen) atoms. The Balaban J connectivity index is 2.28. The zero-order chi connectivity index (χ0) is 12.4. The van der Waals surface area contributed by atoms with Crippen molar-refractivity contribution in [3.63, 3.8) is 0 Å². The summed E-state index contributed by atoms with van der Waals surface area (Å²) >= 11 is 11.7. The van der Waals surface area contributed by atoms with Gasteiger partial charge in [-0.2, -0.15) is 0 Å². The molecule has 0 spiro atoms. The van der Waals surface area contributed by atoms with Crippen LogP contribution in [0.5, 0.6) is 23.0 Å². The van der Waals surface area contributed by atoms with E-state index in [1.807, 2.05) is 0 Å². The minimum Gasteiger partial charge on any atom is -0.504 e. The summed E-state index contributed by atoms with van der Waals surface area (Å²) < 4.78 is 5.44. The van der Waals surface area contributed by atoms with Crippen LogP contribution in [0, 0.1) is 0 Å². The van der Waals surface area contributed by atoms with Crippen molar-refractivity contribution in [1.29, 1.82) is 0 Å². The van der Waals surface area contributed by atoms with E-state index in [4.69, 9.17) is 33.0 Å². The van der Waals surface area contributed by atoms with E-state index in [9.17, 15) is 5.11 Å². The monoisotopic (exact) mass is 270 g/mol. The highest BCUT2D eigenvalue weighted by Crippen LogP contribution is 2.35. The molecule has 2 aromatic rings. The molecule has 2 aromatic carbocycles. The summed E-state index contributed by atoms with van der Waals surface area (Å²) in [5.41, 5.74) is 0. The molecule has 0 amide bonds. The van der Waals surface area contributed by atoms with Gasteiger partial charge in [0.25, 0.3) is 0 Å². The first-order valence-electron chi connectivity index (χ1n) is 4.71. The van der Waals surface area contributed by atoms with Gasteiger partial charge < -0.3 is 14.9 Å². The van der Waals surface area contributed by atoms with E-state index in [2.05, 4.69) is 0 Å². The van der Waals surface area contributed by atoms with Crippen LogP contribution >= 0.6 is 23.2 Å². The highest BCUT2D eigenvalue weighted by atomic mass is 35.5. The van der Waals surface area contributed by atoms with Crippen LogP contribution in [-0.4, -0.2) is 10.2 Å². The molecule has 0 unspecified atom stereocenters. The highest BCUT2D eigenvalue weighted by Gasteiger charge is 2.06. The number of aromatic hydroxyl groups is 2. The summed E-state index contributed by atoms with van der Waals surface area (Å²) in [5.74, 6) is 0.317. The van der Waals surface area contributed by atoms with Crippen LogP contribution < -0.4 is 4.74 Å². The minimum atomic E-state index is -0.257. The van der Waals surface area contributed by atoms with E-state index in [0.717, 1.165) is 0 Å². The fourth-order valence-electron chi connectivity index (χ4n) is 1.25. The van der Waals surface area contributed by atoms with E-state index in [0.29, 0.717) is 21.5 Å². The van der Waals surface area contributed by atoms with Crippen molar-refractivity contribution in [2.45, 2.75) is 0 Å². The second kappa shape index (κ2) is 4.73. The zero-order valence-corrected chi connectivity index (χ0v) is 10.0. The maximum atomic E-state index is 9.31. The zero-order valence-electron chi connectivity index (χ0n) is 8.52. The van der Waals surface area contributed by atoms with Crippen molar-refractivity contribution in [2.24, 2.45) is 0 Å². The SMILES string of the molecule is Oc1ccc(Oc2ccc(Cl)cc2Cl)cc1O. The first kappa shape index (κ1) is 11.9. The van der Waals surface area contributed by atoms with Crippen molar-refractivity contribution in [3.05, 3.63) is 46.4 Å². The third-order valence-corrected chi connectivity index (χ3v) is 2.60. The topological polar surface area (TPSA) is 49.7 Å². The Morgan fingerprint density at radius 3 is 2.29 bits per heavy atom. The Labute approximate surface area is 108 Å². The van der Waals surface area contributed by atoms with Gasteiger partial charge in [-0.3, -0.25) is 0 Å². The molecule has 0 radical (unpaired) electrons. The van der Waals surface area contributed by atoms with Gasteiger partial charge in [0, 0.05) is 11.1 Å². The van der Waals surface area contributed by atoms with Gasteiger partial charge in [-0.25, -0.2) is 0 Å². The van der Waals surface area contributed by atoms with Crippen molar-refractivity contribution < 1.29 is 14.9 Å². The van der Waals surface area contributed by atoms with Gasteiger partial charge in [0.05, 0.1) is 5.02 Å². The van der Waals surface area contributed by atoms with Gasteiger partial charge in [-0.15, -0.1) is 0 Å². The quantitative estimate of drug-likeness (QED) is 0.805. The maximum absolute atomic E-state index is 9.31. The normalized spacial score (nSPS) is 10.2. The minimum absolute atomic E-state index is 0.209. The van der Waals surface area contributed by atoms with Gasteiger partial charge in [0.1, 0.15) is 11.5 Å². The largest absolute Gasteiger partial charge is 0.504 e. The van der Waals surface area contributed by atoms with Crippen molar-refractivity contribution >= 4 is 23.2 Å². The van der Waals surface area contributed by atoms with E-state index < -0.39 is 0 Å². The predicted octanol–water partition coefficient (Wildman–Crippen LogP) is 4.20. The van der Waals surface area contributed by atoms with Crippen molar-refractivity contribution in [3.8, 4) is 23.0 Å². The van der Waals surface area contributed by atoms with Gasteiger partial charge in [0.2, 0.25) is 0 Å². The molecule has 0 aliphatic carbocycles. The van der Waals surface area contributed by atoms with Gasteiger partial charge >= 0.3 is 0 Å². The molecule has 88 valence electrons. The molecule has 2 rings (SSSR count). The molecule has 0 atom stereocenters. The van der Waals surface area contributed by atoms with Crippen LogP contribution in [0.1, 0.15) is 0 Å². The summed E-state index contributed by atoms with van der Waals surface area (Å²) in [5, 5.41) is 19.3. The van der Waals surface area contributed by atoms with Gasteiger partial charge in [0.15, 0.2) is 11.5 Å². The number of ether oxygens (including phenoxy) is 1. The molecule has 3 nitrogen and oxygen atoms in total. The molecule has 0 aromatic heterocycles. The molecule has 0 aliphatic rings. The Bertz CT molecular complexity index is 555. The van der Waals surface area contributed by atoms with Crippen molar-refractivity contribution in [2.75, 3.05) is 0 Å². The standard InChI is InChI=1S/C12H8Cl2O3/c13-7-1-4-12(9(14)5-7)17-8-2-3-10(15)11(16)6-8/h1-6,15-16H. The maximum Gasteiger partial charge on any atom is 0.161 e. The van der Waals surface area contributed by atoms with Crippen LogP contribution in [0.25, 0.3) is 0 Å². The molecule has 0 bridgehead atoms. The molecule has 2 N–H and O–H groups in total. The third-order valence-electron chi connectivity index (χ3n) is 2.07. The molecule has 0 saturated carbocycles. The highest BCUT2D eigenvalue weighted by molar-refractivity contribution is 6.35. The number of benzene rings is 2. The van der Waals surface area contributed by atoms with Crippen LogP contribution in [0.4, 0.5) is 0 Å². The third kappa shape index (κ3) is 2.75. The second-order valence-electron chi connectivity index (χ2n) is 3.33. The van der Waals surface area contributed by atoms with Gasteiger partial charge in [-0.05, 0) is 30.3 Å². The van der Waals surface area contributed by atoms with Crippen LogP contribution in [0.3, 0.4) is 0 Å². The van der Waals surface area contributed by atoms with Crippen LogP contribution in [0.2, 0.25) is 10.0 Å². The van der Waals surface area contributed by atoms with Crippen LogP contribution in [-0.2, 0) is 0 Å². The lowest BCUT2D eigenvalue weighted by Gasteiger charge is -2.08. The number of rotatable bonds is 2. The first-order valence-corrected chi connectivity index (χ1v) is 5.47. The smallest absolute Gasteiger partial charge is 0.161 e. The summed E-state index contributed by atoms with van der Waals surface area (Å²) in [7, 11) is 0. The lowest BCUT2D eigenvalue weighted by Crippen LogP contribution is -1.85. The van der Waals surface area contributed by atoms with Crippen LogP contribution in [0.15, 0.2) is 36.4 Å². The van der Waals surface area contributed by atoms with E-state index in [1.165, 1.54) is 18.2 Å². The first-order chi connectivity index (χ1) is 8.06. The molecule has 0 aliphatic heterocycles. The van der Waals surface area contributed by atoms with Crippen molar-refractivity contribution in [1.82, 2.24) is 0 Å². The number of halogens is 2. The summed E-state index contributed by atoms with van der Waals surface area (Å²) in [4.78, 5) is 0. The Hall–Kier alpha value is -1.58. The molecule has 0 heterocycles. The molecular formula is C12H8Cl2O3. The van der Waals surface area contributed by atoms with E-state index in [-0.39, 0.29) is 11.5 Å². The lowest BCUT2D eigenvalue weighted by atomic mass is 10.3. The Morgan fingerprint density at radius 2 is 1.65 bits per heavy atom. The average molecular weight is 271 g/mol. The molecule has 0 saturated heterocycles. The lowest BCUT2D eigenvalue weighted by molar-refractivity contribution is 0.398. The Morgan fingerprint density at radius 1 is 0.882 bits per heavy atom. The molecule has 0 fully saturated rings. The van der Waals surface area contributed by atoms with E-state index in [1.54, 1.807) is 18.2 Å². The number of hydrogen-bond acceptors (Lipinski definition) is 3. The van der Waals surface area contributed by atoms with Gasteiger partial charge in [-0.1, -0.05) is 23.2 Å².